The van der Waals surface area contributed by atoms with E-state index >= 15 is 0 Å². The molecule has 0 fully saturated rings. The molecule has 0 radical (unpaired) electrons. The minimum Gasteiger partial charge on any atom is -0.358 e. The Bertz CT molecular complexity index is 701. The summed E-state index contributed by atoms with van der Waals surface area (Å²) in [6, 6.07) is 15.9. The largest absolute Gasteiger partial charge is 0.358 e. The van der Waals surface area contributed by atoms with Crippen molar-refractivity contribution in [3.05, 3.63) is 69.8 Å². The Kier molecular flexibility index (Phi) is 3.02. The molecule has 1 aromatic heterocycles. The van der Waals surface area contributed by atoms with E-state index in [0.29, 0.717) is 0 Å². The molecule has 0 bridgehead atoms. The van der Waals surface area contributed by atoms with E-state index in [1.807, 2.05) is 42.5 Å². The van der Waals surface area contributed by atoms with E-state index in [4.69, 9.17) is 23.2 Å². The van der Waals surface area contributed by atoms with E-state index in [-0.39, 0.29) is 0 Å². The molecule has 0 atom stereocenters. The number of aromatic amines is 1. The van der Waals surface area contributed by atoms with Gasteiger partial charge in [0.15, 0.2) is 0 Å². The third-order valence-electron chi connectivity index (χ3n) is 2.98. The maximum absolute atomic E-state index is 6.16. The molecule has 1 N–H and O–H groups in total. The van der Waals surface area contributed by atoms with Gasteiger partial charge in [-0.25, -0.2) is 0 Å². The lowest BCUT2D eigenvalue weighted by Crippen LogP contribution is -1.88. The van der Waals surface area contributed by atoms with Crippen LogP contribution in [0.1, 0.15) is 11.3 Å². The van der Waals surface area contributed by atoms with Crippen molar-refractivity contribution in [1.82, 2.24) is 4.98 Å². The number of nitrogens with one attached hydrogen (secondary N) is 1. The van der Waals surface area contributed by atoms with Gasteiger partial charge in [0, 0.05) is 33.1 Å². The molecular formula is C15H11Cl2N. The van der Waals surface area contributed by atoms with Crippen LogP contribution in [-0.2, 0) is 6.42 Å². The van der Waals surface area contributed by atoms with Crippen molar-refractivity contribution < 1.29 is 0 Å². The van der Waals surface area contributed by atoms with Crippen LogP contribution in [0.15, 0.2) is 48.5 Å². The van der Waals surface area contributed by atoms with Crippen molar-refractivity contribution in [1.29, 1.82) is 0 Å². The number of halogens is 2. The minimum atomic E-state index is 0.755. The van der Waals surface area contributed by atoms with Crippen LogP contribution in [0, 0.1) is 0 Å². The van der Waals surface area contributed by atoms with Gasteiger partial charge in [0.05, 0.1) is 0 Å². The molecule has 2 aromatic carbocycles. The van der Waals surface area contributed by atoms with Gasteiger partial charge >= 0.3 is 0 Å². The summed E-state index contributed by atoms with van der Waals surface area (Å²) in [5, 5.41) is 2.68. The molecular weight excluding hydrogens is 265 g/mol. The number of hydrogen-bond donors (Lipinski definition) is 1. The van der Waals surface area contributed by atoms with Crippen molar-refractivity contribution in [2.45, 2.75) is 6.42 Å². The molecule has 0 aliphatic heterocycles. The predicted octanol–water partition coefficient (Wildman–Crippen LogP) is 5.07. The van der Waals surface area contributed by atoms with Gasteiger partial charge in [-0.3, -0.25) is 0 Å². The van der Waals surface area contributed by atoms with Gasteiger partial charge in [-0.15, -0.1) is 0 Å². The molecule has 0 aliphatic rings. The Balaban J connectivity index is 1.98. The lowest BCUT2D eigenvalue weighted by molar-refractivity contribution is 1.12. The van der Waals surface area contributed by atoms with E-state index in [9.17, 15) is 0 Å². The number of H-pyrrole nitrogens is 1. The van der Waals surface area contributed by atoms with Crippen molar-refractivity contribution in [3.63, 3.8) is 0 Å². The Labute approximate surface area is 115 Å². The average molecular weight is 276 g/mol. The van der Waals surface area contributed by atoms with E-state index in [2.05, 4.69) is 11.1 Å². The quantitative estimate of drug-likeness (QED) is 0.673. The monoisotopic (exact) mass is 275 g/mol. The van der Waals surface area contributed by atoms with Crippen LogP contribution in [0.25, 0.3) is 10.9 Å². The second-order valence-corrected chi connectivity index (χ2v) is 5.14. The highest BCUT2D eigenvalue weighted by atomic mass is 35.5. The Morgan fingerprint density at radius 2 is 1.78 bits per heavy atom. The van der Waals surface area contributed by atoms with Crippen LogP contribution in [0.3, 0.4) is 0 Å². The number of rotatable bonds is 2. The minimum absolute atomic E-state index is 0.755. The summed E-state index contributed by atoms with van der Waals surface area (Å²) >= 11 is 12.1. The molecule has 0 unspecified atom stereocenters. The summed E-state index contributed by atoms with van der Waals surface area (Å²) in [6.45, 7) is 0. The maximum Gasteiger partial charge on any atom is 0.0457 e. The molecule has 0 spiro atoms. The molecule has 3 heteroatoms. The second kappa shape index (κ2) is 4.68. The third-order valence-corrected chi connectivity index (χ3v) is 3.58. The van der Waals surface area contributed by atoms with Crippen LogP contribution >= 0.6 is 23.2 Å². The molecule has 3 aromatic rings. The first-order chi connectivity index (χ1) is 8.72. The number of benzene rings is 2. The van der Waals surface area contributed by atoms with Crippen molar-refractivity contribution >= 4 is 34.1 Å². The fraction of sp³-hybridized carbons (Fsp3) is 0.0667. The summed E-state index contributed by atoms with van der Waals surface area (Å²) in [7, 11) is 0. The maximum atomic E-state index is 6.16. The van der Waals surface area contributed by atoms with E-state index < -0.39 is 0 Å². The summed E-state index contributed by atoms with van der Waals surface area (Å²) in [5.74, 6) is 0. The van der Waals surface area contributed by atoms with Gasteiger partial charge in [-0.2, -0.15) is 0 Å². The molecule has 0 amide bonds. The van der Waals surface area contributed by atoms with Gasteiger partial charge < -0.3 is 4.98 Å². The molecule has 1 heterocycles. The smallest absolute Gasteiger partial charge is 0.0457 e. The lowest BCUT2D eigenvalue weighted by atomic mass is 10.1. The summed E-state index contributed by atoms with van der Waals surface area (Å²) in [4.78, 5) is 3.38. The summed E-state index contributed by atoms with van der Waals surface area (Å²) < 4.78 is 0. The first-order valence-corrected chi connectivity index (χ1v) is 6.48. The normalized spacial score (nSPS) is 11.0. The van der Waals surface area contributed by atoms with E-state index in [1.165, 1.54) is 0 Å². The highest BCUT2D eigenvalue weighted by Gasteiger charge is 2.04. The van der Waals surface area contributed by atoms with E-state index in [1.54, 1.807) is 0 Å². The van der Waals surface area contributed by atoms with Crippen LogP contribution in [0.5, 0.6) is 0 Å². The lowest BCUT2D eigenvalue weighted by Gasteiger charge is -2.01. The Hall–Kier alpha value is -1.44. The van der Waals surface area contributed by atoms with Crippen LogP contribution in [0.2, 0.25) is 10.0 Å². The van der Waals surface area contributed by atoms with Crippen molar-refractivity contribution in [3.8, 4) is 0 Å². The second-order valence-electron chi connectivity index (χ2n) is 4.29. The number of hydrogen-bond acceptors (Lipinski definition) is 0. The predicted molar refractivity (Wildman–Crippen MR) is 77.6 cm³/mol. The summed E-state index contributed by atoms with van der Waals surface area (Å²) in [5.41, 5.74) is 3.36. The van der Waals surface area contributed by atoms with Crippen LogP contribution < -0.4 is 0 Å². The van der Waals surface area contributed by atoms with Gasteiger partial charge in [0.25, 0.3) is 0 Å². The fourth-order valence-electron chi connectivity index (χ4n) is 2.11. The van der Waals surface area contributed by atoms with Crippen molar-refractivity contribution in [2.24, 2.45) is 0 Å². The molecule has 90 valence electrons. The number of fused-ring (bicyclic) bond motifs is 1. The molecule has 0 saturated carbocycles. The highest BCUT2D eigenvalue weighted by Crippen LogP contribution is 2.23. The topological polar surface area (TPSA) is 15.8 Å². The third kappa shape index (κ3) is 2.24. The highest BCUT2D eigenvalue weighted by molar-refractivity contribution is 6.31. The SMILES string of the molecule is Clc1ccc2[nH]c(Cc3ccccc3Cl)cc2c1. The Morgan fingerprint density at radius 1 is 0.944 bits per heavy atom. The zero-order chi connectivity index (χ0) is 12.5. The number of aromatic nitrogens is 1. The summed E-state index contributed by atoms with van der Waals surface area (Å²) in [6.07, 6.45) is 0.798. The Morgan fingerprint density at radius 3 is 2.61 bits per heavy atom. The first-order valence-electron chi connectivity index (χ1n) is 5.73. The molecule has 0 saturated heterocycles. The van der Waals surface area contributed by atoms with Gasteiger partial charge in [0.1, 0.15) is 0 Å². The van der Waals surface area contributed by atoms with Gasteiger partial charge in [0.2, 0.25) is 0 Å². The first kappa shape index (κ1) is 11.6. The van der Waals surface area contributed by atoms with Gasteiger partial charge in [-0.1, -0.05) is 41.4 Å². The fourth-order valence-corrected chi connectivity index (χ4v) is 2.49. The molecule has 18 heavy (non-hydrogen) atoms. The van der Waals surface area contributed by atoms with E-state index in [0.717, 1.165) is 38.6 Å². The van der Waals surface area contributed by atoms with Crippen LogP contribution in [0.4, 0.5) is 0 Å². The average Bonchev–Trinajstić information content (AvgIpc) is 2.73. The van der Waals surface area contributed by atoms with Gasteiger partial charge in [-0.05, 0) is 35.9 Å². The zero-order valence-electron chi connectivity index (χ0n) is 9.58. The standard InChI is InChI=1S/C15H11Cl2N/c16-12-5-6-15-11(7-12)9-13(18-15)8-10-3-1-2-4-14(10)17/h1-7,9,18H,8H2. The molecule has 3 rings (SSSR count). The zero-order valence-corrected chi connectivity index (χ0v) is 11.1. The molecule has 0 aliphatic carbocycles. The van der Waals surface area contributed by atoms with Crippen LogP contribution in [-0.4, -0.2) is 4.98 Å². The van der Waals surface area contributed by atoms with Crippen molar-refractivity contribution in [2.75, 3.05) is 0 Å². The molecule has 1 nitrogen and oxygen atoms in total.